The molecule has 0 unspecified atom stereocenters. The molecule has 1 aliphatic carbocycles. The van der Waals surface area contributed by atoms with Gasteiger partial charge in [-0.2, -0.15) is 5.10 Å². The minimum atomic E-state index is 0.678. The van der Waals surface area contributed by atoms with Gasteiger partial charge in [0.15, 0.2) is 0 Å². The predicted molar refractivity (Wildman–Crippen MR) is 83.7 cm³/mol. The first kappa shape index (κ1) is 13.6. The van der Waals surface area contributed by atoms with Gasteiger partial charge in [0.2, 0.25) is 0 Å². The van der Waals surface area contributed by atoms with Crippen LogP contribution >= 0.6 is 0 Å². The van der Waals surface area contributed by atoms with Gasteiger partial charge in [-0.05, 0) is 44.6 Å². The van der Waals surface area contributed by atoms with E-state index in [2.05, 4.69) is 48.1 Å². The first-order valence-corrected chi connectivity index (χ1v) is 7.95. The summed E-state index contributed by atoms with van der Waals surface area (Å²) in [6.07, 6.45) is 5.35. The molecule has 1 aromatic carbocycles. The van der Waals surface area contributed by atoms with E-state index in [1.54, 1.807) is 0 Å². The standard InChI is InChI=1S/C17H25N3/c1-3-20-17-7-5-4-6-15(17)16(19-20)12-18-14-10-8-13(2)9-11-14/h4-7,13-14,18H,3,8-12H2,1-2H3. The van der Waals surface area contributed by atoms with Crippen LogP contribution in [0.15, 0.2) is 24.3 Å². The third-order valence-corrected chi connectivity index (χ3v) is 4.61. The number of para-hydroxylation sites is 1. The summed E-state index contributed by atoms with van der Waals surface area (Å²) in [5.41, 5.74) is 2.45. The maximum Gasteiger partial charge on any atom is 0.0841 e. The molecule has 3 rings (SSSR count). The van der Waals surface area contributed by atoms with Gasteiger partial charge in [0.1, 0.15) is 0 Å². The molecule has 0 bridgehead atoms. The van der Waals surface area contributed by atoms with E-state index >= 15 is 0 Å². The minimum Gasteiger partial charge on any atom is -0.308 e. The minimum absolute atomic E-state index is 0.678. The van der Waals surface area contributed by atoms with Crippen molar-refractivity contribution in [3.63, 3.8) is 0 Å². The molecule has 0 spiro atoms. The second kappa shape index (κ2) is 5.96. The summed E-state index contributed by atoms with van der Waals surface area (Å²) in [6.45, 7) is 6.35. The number of benzene rings is 1. The van der Waals surface area contributed by atoms with Crippen molar-refractivity contribution in [2.75, 3.05) is 0 Å². The smallest absolute Gasteiger partial charge is 0.0841 e. The number of hydrogen-bond acceptors (Lipinski definition) is 2. The fraction of sp³-hybridized carbons (Fsp3) is 0.588. The molecule has 1 heterocycles. The van der Waals surface area contributed by atoms with Crippen molar-refractivity contribution in [2.24, 2.45) is 5.92 Å². The first-order valence-electron chi connectivity index (χ1n) is 7.95. The monoisotopic (exact) mass is 271 g/mol. The zero-order valence-corrected chi connectivity index (χ0v) is 12.6. The van der Waals surface area contributed by atoms with E-state index in [9.17, 15) is 0 Å². The second-order valence-electron chi connectivity index (χ2n) is 6.12. The average molecular weight is 271 g/mol. The third kappa shape index (κ3) is 2.73. The van der Waals surface area contributed by atoms with E-state index in [1.165, 1.54) is 42.3 Å². The molecule has 0 saturated heterocycles. The van der Waals surface area contributed by atoms with Crippen molar-refractivity contribution in [3.05, 3.63) is 30.0 Å². The molecule has 1 N–H and O–H groups in total. The third-order valence-electron chi connectivity index (χ3n) is 4.61. The fourth-order valence-corrected chi connectivity index (χ4v) is 3.27. The van der Waals surface area contributed by atoms with Crippen LogP contribution in [-0.2, 0) is 13.1 Å². The number of hydrogen-bond donors (Lipinski definition) is 1. The van der Waals surface area contributed by atoms with Crippen molar-refractivity contribution >= 4 is 10.9 Å². The van der Waals surface area contributed by atoms with Crippen LogP contribution in [0.1, 0.15) is 45.2 Å². The van der Waals surface area contributed by atoms with Crippen molar-refractivity contribution in [1.82, 2.24) is 15.1 Å². The largest absolute Gasteiger partial charge is 0.308 e. The Morgan fingerprint density at radius 2 is 1.95 bits per heavy atom. The quantitative estimate of drug-likeness (QED) is 0.918. The van der Waals surface area contributed by atoms with Crippen LogP contribution in [0.25, 0.3) is 10.9 Å². The molecule has 20 heavy (non-hydrogen) atoms. The van der Waals surface area contributed by atoms with Crippen molar-refractivity contribution < 1.29 is 0 Å². The zero-order chi connectivity index (χ0) is 13.9. The lowest BCUT2D eigenvalue weighted by Gasteiger charge is -2.26. The van der Waals surface area contributed by atoms with Crippen LogP contribution < -0.4 is 5.32 Å². The SMILES string of the molecule is CCn1nc(CNC2CCC(C)CC2)c2ccccc21. The summed E-state index contributed by atoms with van der Waals surface area (Å²) in [4.78, 5) is 0. The highest BCUT2D eigenvalue weighted by Crippen LogP contribution is 2.24. The van der Waals surface area contributed by atoms with Crippen molar-refractivity contribution in [3.8, 4) is 0 Å². The van der Waals surface area contributed by atoms with Crippen LogP contribution in [0.5, 0.6) is 0 Å². The molecule has 2 aromatic rings. The normalized spacial score (nSPS) is 23.3. The molecule has 0 radical (unpaired) electrons. The number of aromatic nitrogens is 2. The van der Waals surface area contributed by atoms with Gasteiger partial charge in [-0.1, -0.05) is 25.1 Å². The van der Waals surface area contributed by atoms with Gasteiger partial charge in [-0.15, -0.1) is 0 Å². The Labute approximate surface area is 121 Å². The zero-order valence-electron chi connectivity index (χ0n) is 12.6. The van der Waals surface area contributed by atoms with Gasteiger partial charge in [-0.25, -0.2) is 0 Å². The summed E-state index contributed by atoms with van der Waals surface area (Å²) in [5, 5.41) is 9.77. The van der Waals surface area contributed by atoms with Crippen LogP contribution in [-0.4, -0.2) is 15.8 Å². The van der Waals surface area contributed by atoms with Gasteiger partial charge in [0.25, 0.3) is 0 Å². The van der Waals surface area contributed by atoms with E-state index < -0.39 is 0 Å². The lowest BCUT2D eigenvalue weighted by Crippen LogP contribution is -2.32. The predicted octanol–water partition coefficient (Wildman–Crippen LogP) is 3.72. The highest BCUT2D eigenvalue weighted by Gasteiger charge is 2.18. The Morgan fingerprint density at radius 3 is 2.70 bits per heavy atom. The van der Waals surface area contributed by atoms with E-state index in [0.717, 1.165) is 19.0 Å². The number of nitrogens with zero attached hydrogens (tertiary/aromatic N) is 2. The Kier molecular flexibility index (Phi) is 4.06. The molecule has 1 aliphatic rings. The Balaban J connectivity index is 1.71. The highest BCUT2D eigenvalue weighted by atomic mass is 15.3. The topological polar surface area (TPSA) is 29.9 Å². The van der Waals surface area contributed by atoms with Gasteiger partial charge < -0.3 is 5.32 Å². The van der Waals surface area contributed by atoms with E-state index in [1.807, 2.05) is 0 Å². The molecule has 1 fully saturated rings. The van der Waals surface area contributed by atoms with Crippen molar-refractivity contribution in [2.45, 2.75) is 58.7 Å². The maximum atomic E-state index is 4.76. The average Bonchev–Trinajstić information content (AvgIpc) is 2.85. The molecule has 0 aliphatic heterocycles. The number of aryl methyl sites for hydroxylation is 1. The molecule has 0 atom stereocenters. The number of rotatable bonds is 4. The number of fused-ring (bicyclic) bond motifs is 1. The molecule has 108 valence electrons. The van der Waals surface area contributed by atoms with Crippen LogP contribution in [0.3, 0.4) is 0 Å². The van der Waals surface area contributed by atoms with E-state index in [0.29, 0.717) is 6.04 Å². The molecule has 3 heteroatoms. The number of nitrogens with one attached hydrogen (secondary N) is 1. The molecular weight excluding hydrogens is 246 g/mol. The van der Waals surface area contributed by atoms with E-state index in [4.69, 9.17) is 5.10 Å². The highest BCUT2D eigenvalue weighted by molar-refractivity contribution is 5.81. The summed E-state index contributed by atoms with van der Waals surface area (Å²) >= 11 is 0. The first-order chi connectivity index (χ1) is 9.78. The Hall–Kier alpha value is -1.35. The summed E-state index contributed by atoms with van der Waals surface area (Å²) in [5.74, 6) is 0.910. The molecule has 0 amide bonds. The lowest BCUT2D eigenvalue weighted by molar-refractivity contribution is 0.306. The fourth-order valence-electron chi connectivity index (χ4n) is 3.27. The van der Waals surface area contributed by atoms with Gasteiger partial charge in [0.05, 0.1) is 11.2 Å². The Morgan fingerprint density at radius 1 is 1.20 bits per heavy atom. The van der Waals surface area contributed by atoms with Gasteiger partial charge in [0, 0.05) is 24.5 Å². The summed E-state index contributed by atoms with van der Waals surface area (Å²) in [7, 11) is 0. The molecule has 1 aromatic heterocycles. The van der Waals surface area contributed by atoms with Gasteiger partial charge >= 0.3 is 0 Å². The van der Waals surface area contributed by atoms with Crippen LogP contribution in [0, 0.1) is 5.92 Å². The molecular formula is C17H25N3. The van der Waals surface area contributed by atoms with Crippen LogP contribution in [0.4, 0.5) is 0 Å². The maximum absolute atomic E-state index is 4.76. The summed E-state index contributed by atoms with van der Waals surface area (Å²) in [6, 6.07) is 9.23. The van der Waals surface area contributed by atoms with Crippen molar-refractivity contribution in [1.29, 1.82) is 0 Å². The Bertz CT molecular complexity index is 565. The summed E-state index contributed by atoms with van der Waals surface area (Å²) < 4.78 is 2.11. The molecule has 1 saturated carbocycles. The van der Waals surface area contributed by atoms with E-state index in [-0.39, 0.29) is 0 Å². The lowest BCUT2D eigenvalue weighted by atomic mass is 9.87. The molecule has 3 nitrogen and oxygen atoms in total. The van der Waals surface area contributed by atoms with Crippen LogP contribution in [0.2, 0.25) is 0 Å². The van der Waals surface area contributed by atoms with Gasteiger partial charge in [-0.3, -0.25) is 4.68 Å². The second-order valence-corrected chi connectivity index (χ2v) is 6.12.